The molecule has 18 heteroatoms. The van der Waals surface area contributed by atoms with E-state index < -0.39 is 47.1 Å². The van der Waals surface area contributed by atoms with E-state index in [1.165, 1.54) is 0 Å². The molecule has 0 saturated carbocycles. The number of hydrogen-bond donors (Lipinski definition) is 6. The van der Waals surface area contributed by atoms with E-state index in [0.29, 0.717) is 63.2 Å². The van der Waals surface area contributed by atoms with Gasteiger partial charge in [0, 0.05) is 26.1 Å². The summed E-state index contributed by atoms with van der Waals surface area (Å²) in [6.07, 6.45) is 9.26. The molecule has 0 radical (unpaired) electrons. The second-order valence-corrected chi connectivity index (χ2v) is 25.3. The van der Waals surface area contributed by atoms with E-state index in [4.69, 9.17) is 9.47 Å². The van der Waals surface area contributed by atoms with E-state index in [0.717, 1.165) is 60.8 Å². The summed E-state index contributed by atoms with van der Waals surface area (Å²) in [7, 11) is 3.43. The molecule has 2 unspecified atom stereocenters. The Bertz CT molecular complexity index is 2190. The smallest absolute Gasteiger partial charge is 0.246 e. The van der Waals surface area contributed by atoms with Crippen LogP contribution in [0.25, 0.3) is 0 Å². The summed E-state index contributed by atoms with van der Waals surface area (Å²) in [6, 6.07) is 12.0. The molecule has 4 fully saturated rings. The molecule has 6 aliphatic rings. The SMILES string of the molecule is CNC(C)C(=O)N[C@H]1CCS[C@H]2CC(C)(C)[C@@H](C(=O)N[C@H]3c4ccccc4C[C@H]3OCCCCCCCCO[C@@H]3Cc4ccccc4[C@@H]3NC(=O)[C@H]3N4C(=O)[C@@H](NC(=O)C(C)NC)CCS[C@H]4CC3(C)C)N2C1=O. The van der Waals surface area contributed by atoms with Crippen LogP contribution in [0, 0.1) is 10.8 Å². The molecule has 4 heterocycles. The van der Waals surface area contributed by atoms with Crippen molar-refractivity contribution in [2.75, 3.05) is 38.8 Å². The van der Waals surface area contributed by atoms with E-state index >= 15 is 0 Å². The maximum absolute atomic E-state index is 14.5. The molecule has 0 spiro atoms. The number of nitrogens with zero attached hydrogens (tertiary/aromatic N) is 2. The summed E-state index contributed by atoms with van der Waals surface area (Å²) in [5.74, 6) is 0.189. The molecule has 0 aromatic heterocycles. The molecule has 4 saturated heterocycles. The van der Waals surface area contributed by atoms with Gasteiger partial charge in [-0.25, -0.2) is 0 Å². The minimum atomic E-state index is -0.693. The number of nitrogens with one attached hydrogen (secondary N) is 6. The Kier molecular flexibility index (Phi) is 18.5. The van der Waals surface area contributed by atoms with E-state index in [-0.39, 0.29) is 70.5 Å². The van der Waals surface area contributed by atoms with Crippen LogP contribution in [0.5, 0.6) is 0 Å². The Balaban J connectivity index is 0.796. The van der Waals surface area contributed by atoms with E-state index in [1.54, 1.807) is 61.3 Å². The maximum atomic E-state index is 14.5. The molecule has 74 heavy (non-hydrogen) atoms. The van der Waals surface area contributed by atoms with Crippen molar-refractivity contribution in [2.45, 2.75) is 190 Å². The average Bonchev–Trinajstić information content (AvgIpc) is 4.02. The summed E-state index contributed by atoms with van der Waals surface area (Å²) in [5, 5.41) is 18.3. The fraction of sp³-hybridized carbons (Fsp3) is 0.679. The van der Waals surface area contributed by atoms with Gasteiger partial charge in [-0.1, -0.05) is 102 Å². The molecule has 2 aliphatic carbocycles. The van der Waals surface area contributed by atoms with Crippen molar-refractivity contribution in [3.05, 3.63) is 70.8 Å². The standard InChI is InChI=1S/C56H82N8O8S2/c1-33(57-7)49(65)59-39-23-27-73-43-31-55(3,4)47(63(43)53(39)69)51(67)61-45-37-21-15-13-19-35(37)29-41(45)71-25-17-11-9-10-12-18-26-72-42-30-36-20-14-16-22-38(36)46(42)62-52(68)48-56(5,6)32-44-64(48)54(70)40(24-28-74-44)60-50(66)34(2)58-8/h13-16,19-22,33-34,39-48,57-58H,9-12,17-18,23-32H2,1-8H3,(H,59,65)(H,60,66)(H,61,67)(H,62,68)/t33?,34?,39-,40-,41+,42+,43-,44-,45-,46-,47+,48+/m0/s1. The number of amides is 6. The van der Waals surface area contributed by atoms with Gasteiger partial charge in [0.1, 0.15) is 24.2 Å². The van der Waals surface area contributed by atoms with Gasteiger partial charge < -0.3 is 51.2 Å². The first-order valence-electron chi connectivity index (χ1n) is 27.3. The topological polar surface area (TPSA) is 200 Å². The predicted molar refractivity (Wildman–Crippen MR) is 290 cm³/mol. The summed E-state index contributed by atoms with van der Waals surface area (Å²) in [4.78, 5) is 86.7. The molecule has 406 valence electrons. The van der Waals surface area contributed by atoms with E-state index in [1.807, 2.05) is 24.3 Å². The number of unbranched alkanes of at least 4 members (excludes halogenated alkanes) is 5. The van der Waals surface area contributed by atoms with Gasteiger partial charge >= 0.3 is 0 Å². The highest BCUT2D eigenvalue weighted by Crippen LogP contribution is 2.48. The van der Waals surface area contributed by atoms with Crippen molar-refractivity contribution in [3.63, 3.8) is 0 Å². The number of fused-ring (bicyclic) bond motifs is 4. The predicted octanol–water partition coefficient (Wildman–Crippen LogP) is 5.29. The Labute approximate surface area is 447 Å². The molecule has 4 aliphatic heterocycles. The van der Waals surface area contributed by atoms with Gasteiger partial charge in [0.2, 0.25) is 35.4 Å². The molecular weight excluding hydrogens is 977 g/mol. The van der Waals surface area contributed by atoms with Crippen molar-refractivity contribution in [3.8, 4) is 0 Å². The lowest BCUT2D eigenvalue weighted by molar-refractivity contribution is -0.144. The first-order valence-corrected chi connectivity index (χ1v) is 29.4. The van der Waals surface area contributed by atoms with Gasteiger partial charge in [0.15, 0.2) is 0 Å². The van der Waals surface area contributed by atoms with E-state index in [9.17, 15) is 28.8 Å². The summed E-state index contributed by atoms with van der Waals surface area (Å²) in [5.41, 5.74) is 3.46. The molecule has 2 aromatic carbocycles. The minimum absolute atomic E-state index is 0.146. The molecule has 6 N–H and O–H groups in total. The second kappa shape index (κ2) is 24.4. The second-order valence-electron chi connectivity index (χ2n) is 22.8. The fourth-order valence-electron chi connectivity index (χ4n) is 12.2. The van der Waals surface area contributed by atoms with Crippen LogP contribution in [0.3, 0.4) is 0 Å². The molecule has 8 rings (SSSR count). The first-order chi connectivity index (χ1) is 35.4. The number of carbonyl (C=O) groups excluding carboxylic acids is 6. The van der Waals surface area contributed by atoms with Crippen LogP contribution in [-0.4, -0.2) is 143 Å². The van der Waals surface area contributed by atoms with Crippen molar-refractivity contribution in [1.82, 2.24) is 41.7 Å². The molecule has 6 amide bonds. The zero-order valence-corrected chi connectivity index (χ0v) is 46.5. The quantitative estimate of drug-likeness (QED) is 0.0886. The van der Waals surface area contributed by atoms with Crippen molar-refractivity contribution >= 4 is 59.0 Å². The van der Waals surface area contributed by atoms with Crippen molar-refractivity contribution < 1.29 is 38.2 Å². The molecule has 2 aromatic rings. The van der Waals surface area contributed by atoms with Gasteiger partial charge in [-0.05, 0) is 111 Å². The van der Waals surface area contributed by atoms with E-state index in [2.05, 4.69) is 83.9 Å². The monoisotopic (exact) mass is 1060 g/mol. The Morgan fingerprint density at radius 2 is 0.973 bits per heavy atom. The van der Waals surface area contributed by atoms with Gasteiger partial charge in [-0.3, -0.25) is 28.8 Å². The number of thioether (sulfide) groups is 2. The van der Waals surface area contributed by atoms with Crippen LogP contribution in [-0.2, 0) is 51.1 Å². The summed E-state index contributed by atoms with van der Waals surface area (Å²) < 4.78 is 13.2. The summed E-state index contributed by atoms with van der Waals surface area (Å²) in [6.45, 7) is 12.9. The third kappa shape index (κ3) is 12.3. The van der Waals surface area contributed by atoms with Crippen LogP contribution in [0.4, 0.5) is 0 Å². The van der Waals surface area contributed by atoms with Crippen LogP contribution >= 0.6 is 23.5 Å². The highest BCUT2D eigenvalue weighted by atomic mass is 32.2. The molecule has 12 atom stereocenters. The van der Waals surface area contributed by atoms with Gasteiger partial charge in [-0.15, -0.1) is 23.5 Å². The Hall–Kier alpha value is -4.20. The number of benzene rings is 2. The fourth-order valence-corrected chi connectivity index (χ4v) is 15.3. The Morgan fingerprint density at radius 1 is 0.595 bits per heavy atom. The van der Waals surface area contributed by atoms with Crippen LogP contribution in [0.2, 0.25) is 0 Å². The maximum Gasteiger partial charge on any atom is 0.246 e. The number of ether oxygens (including phenoxy) is 2. The first kappa shape index (κ1) is 56.0. The van der Waals surface area contributed by atoms with Crippen LogP contribution in [0.15, 0.2) is 48.5 Å². The summed E-state index contributed by atoms with van der Waals surface area (Å²) >= 11 is 3.38. The Morgan fingerprint density at radius 3 is 1.36 bits per heavy atom. The molecule has 16 nitrogen and oxygen atoms in total. The third-order valence-electron chi connectivity index (χ3n) is 16.5. The number of carbonyl (C=O) groups is 6. The average molecular weight is 1060 g/mol. The van der Waals surface area contributed by atoms with Crippen molar-refractivity contribution in [1.29, 1.82) is 0 Å². The largest absolute Gasteiger partial charge is 0.375 e. The van der Waals surface area contributed by atoms with Crippen molar-refractivity contribution in [2.24, 2.45) is 10.8 Å². The van der Waals surface area contributed by atoms with Crippen LogP contribution in [0.1, 0.15) is 140 Å². The minimum Gasteiger partial charge on any atom is -0.375 e. The molecule has 0 bridgehead atoms. The normalized spacial score (nSPS) is 29.5. The lowest BCUT2D eigenvalue weighted by Gasteiger charge is -2.35. The van der Waals surface area contributed by atoms with Gasteiger partial charge in [0.25, 0.3) is 0 Å². The zero-order chi connectivity index (χ0) is 52.9. The number of likely N-dealkylation sites (N-methyl/N-ethyl adjacent to an activating group) is 2. The third-order valence-corrected chi connectivity index (χ3v) is 19.0. The van der Waals surface area contributed by atoms with Crippen LogP contribution < -0.4 is 31.9 Å². The molecular formula is C56H82N8O8S2. The van der Waals surface area contributed by atoms with Gasteiger partial charge in [0.05, 0.1) is 47.1 Å². The number of hydrogen-bond acceptors (Lipinski definition) is 12. The highest BCUT2D eigenvalue weighted by molar-refractivity contribution is 8.00. The lowest BCUT2D eigenvalue weighted by atomic mass is 9.83. The highest BCUT2D eigenvalue weighted by Gasteiger charge is 2.57. The lowest BCUT2D eigenvalue weighted by Crippen LogP contribution is -2.58. The number of rotatable bonds is 21. The zero-order valence-electron chi connectivity index (χ0n) is 44.8. The van der Waals surface area contributed by atoms with Gasteiger partial charge in [-0.2, -0.15) is 0 Å².